The van der Waals surface area contributed by atoms with E-state index in [-0.39, 0.29) is 41.2 Å². The van der Waals surface area contributed by atoms with Crippen molar-refractivity contribution in [1.29, 1.82) is 0 Å². The minimum atomic E-state index is -0.545. The molecular formula is C21H19ClFN7O2. The Kier molecular flexibility index (Phi) is 6.13. The van der Waals surface area contributed by atoms with Crippen LogP contribution in [0.4, 0.5) is 4.39 Å². The fourth-order valence-electron chi connectivity index (χ4n) is 2.97. The number of nitrogens with zero attached hydrogens (tertiary/aromatic N) is 4. The quantitative estimate of drug-likeness (QED) is 0.297. The molecule has 2 aromatic carbocycles. The number of aryl methyl sites for hydroxylation is 1. The van der Waals surface area contributed by atoms with E-state index >= 15 is 0 Å². The number of halogens is 2. The van der Waals surface area contributed by atoms with E-state index in [4.69, 9.17) is 21.9 Å². The smallest absolute Gasteiger partial charge is 0.244 e. The molecule has 0 spiro atoms. The van der Waals surface area contributed by atoms with Crippen LogP contribution >= 0.6 is 11.6 Å². The molecule has 0 fully saturated rings. The van der Waals surface area contributed by atoms with E-state index in [1.165, 1.54) is 6.07 Å². The number of nitrogens with two attached hydrogens (primary N) is 1. The van der Waals surface area contributed by atoms with Gasteiger partial charge in [0.1, 0.15) is 5.82 Å². The van der Waals surface area contributed by atoms with Crippen molar-refractivity contribution >= 4 is 29.2 Å². The second-order valence-electron chi connectivity index (χ2n) is 7.08. The summed E-state index contributed by atoms with van der Waals surface area (Å²) in [6.45, 7) is 2.56. The van der Waals surface area contributed by atoms with Crippen LogP contribution in [0.15, 0.2) is 50.9 Å². The molecule has 3 aromatic rings. The summed E-state index contributed by atoms with van der Waals surface area (Å²) in [5.74, 6) is -0.222. The minimum absolute atomic E-state index is 0.0758. The topological polar surface area (TPSA) is 131 Å². The lowest BCUT2D eigenvalue weighted by molar-refractivity contribution is -0.120. The Hall–Kier alpha value is -3.79. The van der Waals surface area contributed by atoms with Gasteiger partial charge in [0.25, 0.3) is 0 Å². The summed E-state index contributed by atoms with van der Waals surface area (Å²) in [6.07, 6.45) is 0.247. The Morgan fingerprint density at radius 3 is 2.69 bits per heavy atom. The third-order valence-corrected chi connectivity index (χ3v) is 4.80. The zero-order valence-electron chi connectivity index (χ0n) is 17.0. The molecule has 0 atom stereocenters. The molecule has 9 nitrogen and oxygen atoms in total. The lowest BCUT2D eigenvalue weighted by Crippen LogP contribution is -2.45. The van der Waals surface area contributed by atoms with Crippen molar-refractivity contribution in [3.63, 3.8) is 0 Å². The van der Waals surface area contributed by atoms with Gasteiger partial charge in [0.05, 0.1) is 25.1 Å². The zero-order valence-corrected chi connectivity index (χ0v) is 17.8. The van der Waals surface area contributed by atoms with Crippen molar-refractivity contribution in [3.05, 3.63) is 58.7 Å². The van der Waals surface area contributed by atoms with Crippen LogP contribution in [0.2, 0.25) is 5.02 Å². The van der Waals surface area contributed by atoms with Crippen molar-refractivity contribution < 1.29 is 13.7 Å². The molecule has 4 rings (SSSR count). The first-order chi connectivity index (χ1) is 15.4. The predicted molar refractivity (Wildman–Crippen MR) is 118 cm³/mol. The first kappa shape index (κ1) is 21.4. The van der Waals surface area contributed by atoms with E-state index in [2.05, 4.69) is 31.0 Å². The maximum Gasteiger partial charge on any atom is 0.244 e. The summed E-state index contributed by atoms with van der Waals surface area (Å²) in [6, 6.07) is 10.2. The van der Waals surface area contributed by atoms with Crippen molar-refractivity contribution in [2.75, 3.05) is 6.54 Å². The van der Waals surface area contributed by atoms with Crippen LogP contribution in [0.5, 0.6) is 0 Å². The molecule has 0 radical (unpaired) electrons. The number of aliphatic imine (C=N–C) groups is 2. The number of amides is 1. The molecule has 1 aliphatic rings. The zero-order chi connectivity index (χ0) is 22.7. The number of guanidine groups is 1. The molecule has 2 heterocycles. The Bertz CT molecular complexity index is 1220. The van der Waals surface area contributed by atoms with Crippen LogP contribution in [-0.2, 0) is 11.3 Å². The Balaban J connectivity index is 1.47. The van der Waals surface area contributed by atoms with Gasteiger partial charge in [-0.2, -0.15) is 4.98 Å². The monoisotopic (exact) mass is 455 g/mol. The van der Waals surface area contributed by atoms with Crippen molar-refractivity contribution in [3.8, 4) is 22.5 Å². The third-order valence-electron chi connectivity index (χ3n) is 4.58. The van der Waals surface area contributed by atoms with Gasteiger partial charge in [-0.1, -0.05) is 41.0 Å². The average molecular weight is 456 g/mol. The summed E-state index contributed by atoms with van der Waals surface area (Å²) in [5.41, 5.74) is 14.0. The summed E-state index contributed by atoms with van der Waals surface area (Å²) in [4.78, 5) is 23.9. The molecule has 164 valence electrons. The van der Waals surface area contributed by atoms with Gasteiger partial charge in [-0.3, -0.25) is 20.6 Å². The van der Waals surface area contributed by atoms with E-state index in [0.29, 0.717) is 18.0 Å². The second kappa shape index (κ2) is 9.15. The van der Waals surface area contributed by atoms with Crippen molar-refractivity contribution in [2.24, 2.45) is 15.7 Å². The lowest BCUT2D eigenvalue weighted by atomic mass is 9.97. The lowest BCUT2D eigenvalue weighted by Gasteiger charge is -2.10. The first-order valence-electron chi connectivity index (χ1n) is 9.65. The van der Waals surface area contributed by atoms with E-state index in [0.717, 1.165) is 16.8 Å². The number of hydrogen-bond acceptors (Lipinski definition) is 6. The first-order valence-corrected chi connectivity index (χ1v) is 10.0. The van der Waals surface area contributed by atoms with E-state index in [1.54, 1.807) is 13.0 Å². The van der Waals surface area contributed by atoms with Gasteiger partial charge in [0.2, 0.25) is 23.6 Å². The summed E-state index contributed by atoms with van der Waals surface area (Å²) < 4.78 is 19.7. The normalized spacial score (nSPS) is 13.0. The highest BCUT2D eigenvalue weighted by Crippen LogP contribution is 2.35. The van der Waals surface area contributed by atoms with Crippen molar-refractivity contribution in [2.45, 2.75) is 19.9 Å². The van der Waals surface area contributed by atoms with Gasteiger partial charge in [-0.15, -0.1) is 0 Å². The molecule has 0 bridgehead atoms. The second-order valence-corrected chi connectivity index (χ2v) is 7.51. The fourth-order valence-corrected chi connectivity index (χ4v) is 3.17. The number of carbonyl (C=O) groups is 1. The van der Waals surface area contributed by atoms with Gasteiger partial charge in [-0.25, -0.2) is 9.38 Å². The molecule has 4 N–H and O–H groups in total. The highest BCUT2D eigenvalue weighted by Gasteiger charge is 2.19. The molecule has 32 heavy (non-hydrogen) atoms. The van der Waals surface area contributed by atoms with E-state index < -0.39 is 5.82 Å². The number of hydrazine groups is 1. The molecule has 1 amide bonds. The van der Waals surface area contributed by atoms with Crippen LogP contribution in [0.25, 0.3) is 22.5 Å². The predicted octanol–water partition coefficient (Wildman–Crippen LogP) is 2.78. The van der Waals surface area contributed by atoms with Crippen LogP contribution in [-0.4, -0.2) is 34.3 Å². The number of rotatable bonds is 6. The number of nitrogens with one attached hydrogen (secondary N) is 2. The van der Waals surface area contributed by atoms with Crippen LogP contribution < -0.4 is 16.6 Å². The number of carbonyl (C=O) groups excluding carboxylic acids is 1. The minimum Gasteiger partial charge on any atom is -0.369 e. The van der Waals surface area contributed by atoms with E-state index in [1.807, 2.05) is 24.3 Å². The van der Waals surface area contributed by atoms with Gasteiger partial charge in [0, 0.05) is 17.7 Å². The SMILES string of the molecule is Cc1nc(-c2c(F)cc(Cl)cc2-c2ccc(CN=C(N)NNC(=O)CC3=NC3)cc2)no1. The molecule has 1 aliphatic heterocycles. The largest absolute Gasteiger partial charge is 0.369 e. The highest BCUT2D eigenvalue weighted by molar-refractivity contribution is 6.31. The number of hydrogen-bond donors (Lipinski definition) is 3. The Morgan fingerprint density at radius 2 is 2.03 bits per heavy atom. The van der Waals surface area contributed by atoms with Gasteiger partial charge >= 0.3 is 0 Å². The molecule has 0 unspecified atom stereocenters. The van der Waals surface area contributed by atoms with Crippen molar-refractivity contribution in [1.82, 2.24) is 21.0 Å². The van der Waals surface area contributed by atoms with Gasteiger partial charge < -0.3 is 10.3 Å². The summed E-state index contributed by atoms with van der Waals surface area (Å²) in [7, 11) is 0. The molecular weight excluding hydrogens is 437 g/mol. The Morgan fingerprint density at radius 1 is 1.28 bits per heavy atom. The molecule has 0 aliphatic carbocycles. The van der Waals surface area contributed by atoms with Gasteiger partial charge in [0.15, 0.2) is 0 Å². The summed E-state index contributed by atoms with van der Waals surface area (Å²) >= 11 is 6.08. The van der Waals surface area contributed by atoms with Gasteiger partial charge in [-0.05, 0) is 28.8 Å². The Labute approximate surface area is 187 Å². The average Bonchev–Trinajstić information content (AvgIpc) is 3.48. The molecule has 1 aromatic heterocycles. The maximum absolute atomic E-state index is 14.7. The number of benzene rings is 2. The van der Waals surface area contributed by atoms with Crippen LogP contribution in [0.1, 0.15) is 17.9 Å². The third kappa shape index (κ3) is 5.27. The standard InChI is InChI=1S/C21H19ClFN7O2/c1-11-27-20(30-32-11)19-16(6-14(22)7-17(19)23)13-4-2-12(3-5-13)9-26-21(24)29-28-18(31)8-15-10-25-15/h2-7H,8-10H2,1H3,(H,28,31)(H3,24,26,29). The van der Waals surface area contributed by atoms with Crippen LogP contribution in [0.3, 0.4) is 0 Å². The molecule has 11 heteroatoms. The fraction of sp³-hybridized carbons (Fsp3) is 0.190. The summed E-state index contributed by atoms with van der Waals surface area (Å²) in [5, 5.41) is 4.09. The van der Waals surface area contributed by atoms with E-state index in [9.17, 15) is 9.18 Å². The maximum atomic E-state index is 14.7. The highest BCUT2D eigenvalue weighted by atomic mass is 35.5. The molecule has 0 saturated heterocycles. The molecule has 0 saturated carbocycles. The van der Waals surface area contributed by atoms with Crippen LogP contribution in [0, 0.1) is 12.7 Å². The number of aromatic nitrogens is 2.